The number of aliphatic hydroxyl groups is 5. The van der Waals surface area contributed by atoms with Gasteiger partial charge in [0.15, 0.2) is 12.6 Å². The van der Waals surface area contributed by atoms with Crippen LogP contribution < -0.4 is 0 Å². The number of aliphatic hydroxyl groups excluding tert-OH is 3. The number of carbonyl (C=O) groups excluding carboxylic acids is 2. The van der Waals surface area contributed by atoms with Crippen LogP contribution >= 0.6 is 0 Å². The van der Waals surface area contributed by atoms with Crippen LogP contribution in [0.3, 0.4) is 0 Å². The van der Waals surface area contributed by atoms with E-state index < -0.39 is 108 Å². The first-order valence-corrected chi connectivity index (χ1v) is 19.0. The lowest BCUT2D eigenvalue weighted by atomic mass is 9.73. The van der Waals surface area contributed by atoms with Crippen molar-refractivity contribution >= 4 is 11.8 Å². The molecule has 3 aliphatic heterocycles. The van der Waals surface area contributed by atoms with E-state index in [-0.39, 0.29) is 30.9 Å². The lowest BCUT2D eigenvalue weighted by Crippen LogP contribution is -2.61. The minimum absolute atomic E-state index is 0.101. The maximum Gasteiger partial charge on any atom is 0.311 e. The first-order chi connectivity index (χ1) is 24.0. The van der Waals surface area contributed by atoms with Crippen molar-refractivity contribution in [3.63, 3.8) is 0 Å². The summed E-state index contributed by atoms with van der Waals surface area (Å²) < 4.78 is 37.4. The van der Waals surface area contributed by atoms with Crippen LogP contribution in [0.25, 0.3) is 0 Å². The van der Waals surface area contributed by atoms with Crippen molar-refractivity contribution in [1.29, 1.82) is 0 Å². The largest absolute Gasteiger partial charge is 0.459 e. The van der Waals surface area contributed by atoms with Gasteiger partial charge >= 0.3 is 5.97 Å². The third kappa shape index (κ3) is 9.04. The predicted molar refractivity (Wildman–Crippen MR) is 189 cm³/mol. The Morgan fingerprint density at radius 2 is 1.46 bits per heavy atom. The smallest absolute Gasteiger partial charge is 0.311 e. The third-order valence-electron chi connectivity index (χ3n) is 12.4. The van der Waals surface area contributed by atoms with Gasteiger partial charge in [-0.2, -0.15) is 0 Å². The predicted octanol–water partition coefficient (Wildman–Crippen LogP) is 1.79. The van der Waals surface area contributed by atoms with Gasteiger partial charge in [-0.05, 0) is 87.2 Å². The van der Waals surface area contributed by atoms with E-state index in [1.807, 2.05) is 25.9 Å². The molecule has 0 amide bonds. The van der Waals surface area contributed by atoms with Gasteiger partial charge in [0.25, 0.3) is 0 Å². The number of hydrogen-bond acceptors (Lipinski definition) is 14. The van der Waals surface area contributed by atoms with Gasteiger partial charge in [0.05, 0.1) is 47.6 Å². The molecular weight excluding hydrogens is 678 g/mol. The molecule has 52 heavy (non-hydrogen) atoms. The van der Waals surface area contributed by atoms with E-state index in [0.717, 1.165) is 0 Å². The minimum Gasteiger partial charge on any atom is -0.459 e. The molecule has 4 rings (SSSR count). The molecule has 5 N–H and O–H groups in total. The molecule has 18 atom stereocenters. The highest BCUT2D eigenvalue weighted by molar-refractivity contribution is 5.83. The Kier molecular flexibility index (Phi) is 13.7. The molecule has 14 heteroatoms. The number of carbonyl (C=O) groups is 2. The van der Waals surface area contributed by atoms with Gasteiger partial charge in [-0.3, -0.25) is 9.59 Å². The van der Waals surface area contributed by atoms with Crippen LogP contribution in [0.2, 0.25) is 0 Å². The molecule has 14 nitrogen and oxygen atoms in total. The maximum absolute atomic E-state index is 14.2. The summed E-state index contributed by atoms with van der Waals surface area (Å²) in [6.07, 6.45) is -8.33. The highest BCUT2D eigenvalue weighted by Crippen LogP contribution is 2.44. The third-order valence-corrected chi connectivity index (χ3v) is 12.4. The highest BCUT2D eigenvalue weighted by atomic mass is 16.7. The molecule has 4 aliphatic rings. The van der Waals surface area contributed by atoms with Crippen LogP contribution in [-0.4, -0.2) is 148 Å². The van der Waals surface area contributed by atoms with Gasteiger partial charge in [0.2, 0.25) is 0 Å². The summed E-state index contributed by atoms with van der Waals surface area (Å²) in [5, 5.41) is 58.1. The molecule has 1 aliphatic carbocycles. The normalized spacial score (nSPS) is 50.5. The van der Waals surface area contributed by atoms with E-state index in [0.29, 0.717) is 19.3 Å². The number of esters is 1. The summed E-state index contributed by atoms with van der Waals surface area (Å²) in [4.78, 5) is 30.0. The molecule has 0 aromatic carbocycles. The molecule has 0 radical (unpaired) electrons. The Labute approximate surface area is 309 Å². The Morgan fingerprint density at radius 3 is 2.02 bits per heavy atom. The molecule has 3 saturated heterocycles. The van der Waals surface area contributed by atoms with E-state index in [9.17, 15) is 35.1 Å². The number of nitrogens with zero attached hydrogens (tertiary/aromatic N) is 1. The van der Waals surface area contributed by atoms with Crippen LogP contribution in [0.4, 0.5) is 0 Å². The van der Waals surface area contributed by atoms with Gasteiger partial charge in [0, 0.05) is 37.3 Å². The van der Waals surface area contributed by atoms with Crippen LogP contribution in [-0.2, 0) is 38.0 Å². The van der Waals surface area contributed by atoms with Crippen molar-refractivity contribution in [3.8, 4) is 0 Å². The summed E-state index contributed by atoms with van der Waals surface area (Å²) in [6.45, 7) is 14.8. The van der Waals surface area contributed by atoms with Crippen molar-refractivity contribution in [3.05, 3.63) is 0 Å². The van der Waals surface area contributed by atoms with Gasteiger partial charge < -0.3 is 58.9 Å². The number of cyclic esters (lactones) is 1. The molecule has 3 heterocycles. The Balaban J connectivity index is 1.82. The molecule has 0 aromatic rings. The fourth-order valence-electron chi connectivity index (χ4n) is 8.85. The monoisotopic (exact) mass is 745 g/mol. The maximum atomic E-state index is 14.2. The van der Waals surface area contributed by atoms with Crippen molar-refractivity contribution in [1.82, 2.24) is 4.90 Å². The zero-order valence-electron chi connectivity index (χ0n) is 33.2. The molecule has 302 valence electrons. The number of ketones is 1. The van der Waals surface area contributed by atoms with Crippen molar-refractivity contribution in [2.24, 2.45) is 29.6 Å². The van der Waals surface area contributed by atoms with Gasteiger partial charge in [-0.25, -0.2) is 0 Å². The molecular formula is C38H67NO13. The Hall–Kier alpha value is -1.30. The molecule has 0 aromatic heterocycles. The summed E-state index contributed by atoms with van der Waals surface area (Å²) in [5.41, 5.74) is -4.80. The SMILES string of the molecule is COC1(C)CC(OC2C(C)C(=O)OC(C3CC3)C(C)(O)C(O)C(C)C(=O)C(C)CC(C)(O)C(OC3OC(C)CC(N(C)C)C3O)C2C)OC(C)C1O. The lowest BCUT2D eigenvalue weighted by molar-refractivity contribution is -0.318. The summed E-state index contributed by atoms with van der Waals surface area (Å²) in [5.74, 6) is -5.09. The minimum atomic E-state index is -1.96. The number of rotatable bonds is 7. The van der Waals surface area contributed by atoms with E-state index in [4.69, 9.17) is 28.4 Å². The summed E-state index contributed by atoms with van der Waals surface area (Å²) in [6, 6.07) is -0.321. The van der Waals surface area contributed by atoms with Gasteiger partial charge in [-0.1, -0.05) is 20.8 Å². The standard InChI is InChI=1S/C38H67NO13/c1-18-16-36(7,45)32(52-35-28(41)25(39(10)11)15-19(2)48-35)21(4)29(50-26-17-37(8,47-12)31(43)23(6)49-26)22(5)34(44)51-33(24-13-14-24)38(9,46)30(42)20(3)27(18)40/h18-26,28-33,35,41-43,45-46H,13-17H2,1-12H3. The number of ether oxygens (including phenoxy) is 6. The number of methoxy groups -OCH3 is 1. The van der Waals surface area contributed by atoms with Gasteiger partial charge in [0.1, 0.15) is 29.7 Å². The molecule has 4 fully saturated rings. The summed E-state index contributed by atoms with van der Waals surface area (Å²) in [7, 11) is 5.19. The number of likely N-dealkylation sites (N-methyl/N-ethyl adjacent to an activating group) is 1. The van der Waals surface area contributed by atoms with Gasteiger partial charge in [-0.15, -0.1) is 0 Å². The second kappa shape index (κ2) is 16.4. The van der Waals surface area contributed by atoms with E-state index in [1.54, 1.807) is 34.6 Å². The molecule has 18 unspecified atom stereocenters. The van der Waals surface area contributed by atoms with E-state index in [1.165, 1.54) is 27.9 Å². The zero-order valence-corrected chi connectivity index (χ0v) is 33.2. The molecule has 0 spiro atoms. The van der Waals surface area contributed by atoms with Crippen LogP contribution in [0, 0.1) is 29.6 Å². The fraction of sp³-hybridized carbons (Fsp3) is 0.947. The topological polar surface area (TPSA) is 194 Å². The zero-order chi connectivity index (χ0) is 39.2. The second-order valence-electron chi connectivity index (χ2n) is 17.3. The lowest BCUT2D eigenvalue weighted by Gasteiger charge is -2.49. The van der Waals surface area contributed by atoms with E-state index in [2.05, 4.69) is 0 Å². The average Bonchev–Trinajstić information content (AvgIpc) is 3.91. The molecule has 1 saturated carbocycles. The highest BCUT2D eigenvalue weighted by Gasteiger charge is 2.55. The quantitative estimate of drug-likeness (QED) is 0.237. The summed E-state index contributed by atoms with van der Waals surface area (Å²) >= 11 is 0. The van der Waals surface area contributed by atoms with Crippen molar-refractivity contribution in [2.45, 2.75) is 179 Å². The van der Waals surface area contributed by atoms with Crippen LogP contribution in [0.15, 0.2) is 0 Å². The Bertz CT molecular complexity index is 1230. The average molecular weight is 746 g/mol. The van der Waals surface area contributed by atoms with E-state index >= 15 is 0 Å². The number of Topliss-reactive ketones (excluding diaryl/α,β-unsaturated/α-hetero) is 1. The van der Waals surface area contributed by atoms with Crippen LogP contribution in [0.1, 0.15) is 94.4 Å². The Morgan fingerprint density at radius 1 is 0.846 bits per heavy atom. The van der Waals surface area contributed by atoms with Crippen LogP contribution in [0.5, 0.6) is 0 Å². The first-order valence-electron chi connectivity index (χ1n) is 19.0. The number of hydrogen-bond donors (Lipinski definition) is 5. The molecule has 0 bridgehead atoms. The fourth-order valence-corrected chi connectivity index (χ4v) is 8.85. The van der Waals surface area contributed by atoms with Crippen molar-refractivity contribution in [2.75, 3.05) is 21.2 Å². The first kappa shape index (κ1) is 43.4. The second-order valence-corrected chi connectivity index (χ2v) is 17.3. The van der Waals surface area contributed by atoms with Crippen molar-refractivity contribution < 1.29 is 63.5 Å².